The van der Waals surface area contributed by atoms with Crippen molar-refractivity contribution >= 4 is 28.3 Å². The zero-order valence-electron chi connectivity index (χ0n) is 14.3. The van der Waals surface area contributed by atoms with E-state index in [2.05, 4.69) is 10.3 Å². The molecular formula is C18H19N3O4S. The Hall–Kier alpha value is -2.61. The number of nitrogens with zero attached hydrogens (tertiary/aromatic N) is 2. The largest absolute Gasteiger partial charge is 0.493 e. The summed E-state index contributed by atoms with van der Waals surface area (Å²) in [7, 11) is 1.75. The second-order valence-corrected chi connectivity index (χ2v) is 7.59. The first-order valence-corrected chi connectivity index (χ1v) is 9.28. The quantitative estimate of drug-likeness (QED) is 0.855. The summed E-state index contributed by atoms with van der Waals surface area (Å²) < 4.78 is 5.87. The van der Waals surface area contributed by atoms with Crippen LogP contribution in [0, 0.1) is 11.3 Å². The third-order valence-corrected chi connectivity index (χ3v) is 6.12. The summed E-state index contributed by atoms with van der Waals surface area (Å²) in [5, 5.41) is 15.3. The molecule has 136 valence electrons. The van der Waals surface area contributed by atoms with Crippen molar-refractivity contribution in [2.45, 2.75) is 6.42 Å². The molecule has 7 nitrogen and oxygen atoms in total. The van der Waals surface area contributed by atoms with Gasteiger partial charge in [0.05, 0.1) is 12.0 Å². The van der Waals surface area contributed by atoms with Gasteiger partial charge in [-0.15, -0.1) is 11.3 Å². The number of likely N-dealkylation sites (tertiary alicyclic amines) is 1. The van der Waals surface area contributed by atoms with Crippen LogP contribution in [-0.4, -0.2) is 53.6 Å². The first kappa shape index (κ1) is 16.8. The number of aromatic nitrogens is 1. The summed E-state index contributed by atoms with van der Waals surface area (Å²) in [6.07, 6.45) is 0.353. The molecule has 2 atom stereocenters. The van der Waals surface area contributed by atoms with Gasteiger partial charge in [0.15, 0.2) is 5.13 Å². The number of para-hydroxylation sites is 1. The number of carboxylic acids is 1. The predicted molar refractivity (Wildman–Crippen MR) is 96.8 cm³/mol. The molecule has 8 heteroatoms. The van der Waals surface area contributed by atoms with E-state index in [-0.39, 0.29) is 25.0 Å². The molecule has 2 N–H and O–H groups in total. The second-order valence-electron chi connectivity index (χ2n) is 6.73. The fraction of sp³-hybridized carbons (Fsp3) is 0.389. The zero-order valence-corrected chi connectivity index (χ0v) is 15.1. The van der Waals surface area contributed by atoms with Gasteiger partial charge in [-0.05, 0) is 18.1 Å². The number of nitrogens with one attached hydrogen (secondary N) is 1. The number of carbonyl (C=O) groups is 2. The SMILES string of the molecule is CNc1nc(C(=O)N2C[C@H]3COc4ccccc4C[C@@]3(C(=O)O)C2)cs1. The number of carbonyl (C=O) groups excluding carboxylic acids is 1. The van der Waals surface area contributed by atoms with Gasteiger partial charge in [0, 0.05) is 31.4 Å². The minimum absolute atomic E-state index is 0.163. The van der Waals surface area contributed by atoms with Crippen LogP contribution < -0.4 is 10.1 Å². The normalized spacial score (nSPS) is 24.2. The lowest BCUT2D eigenvalue weighted by molar-refractivity contribution is -0.150. The van der Waals surface area contributed by atoms with Crippen molar-refractivity contribution in [3.05, 3.63) is 40.9 Å². The van der Waals surface area contributed by atoms with E-state index in [0.717, 1.165) is 11.3 Å². The number of benzene rings is 1. The van der Waals surface area contributed by atoms with Crippen LogP contribution in [0.1, 0.15) is 16.1 Å². The summed E-state index contributed by atoms with van der Waals surface area (Å²) in [4.78, 5) is 30.9. The first-order valence-electron chi connectivity index (χ1n) is 8.40. The number of fused-ring (bicyclic) bond motifs is 2. The van der Waals surface area contributed by atoms with Gasteiger partial charge < -0.3 is 20.1 Å². The van der Waals surface area contributed by atoms with Gasteiger partial charge in [0.1, 0.15) is 11.4 Å². The number of hydrogen-bond donors (Lipinski definition) is 2. The van der Waals surface area contributed by atoms with Crippen molar-refractivity contribution < 1.29 is 19.4 Å². The Morgan fingerprint density at radius 2 is 2.23 bits per heavy atom. The lowest BCUT2D eigenvalue weighted by atomic mass is 9.74. The van der Waals surface area contributed by atoms with Crippen LogP contribution >= 0.6 is 11.3 Å². The molecule has 3 heterocycles. The molecule has 0 saturated carbocycles. The molecule has 1 amide bonds. The maximum absolute atomic E-state index is 12.8. The number of rotatable bonds is 3. The molecular weight excluding hydrogens is 354 g/mol. The Bertz CT molecular complexity index is 868. The number of carboxylic acid groups (broad SMARTS) is 1. The topological polar surface area (TPSA) is 91.8 Å². The second kappa shape index (κ2) is 6.28. The summed E-state index contributed by atoms with van der Waals surface area (Å²) >= 11 is 1.35. The van der Waals surface area contributed by atoms with Crippen molar-refractivity contribution in [1.82, 2.24) is 9.88 Å². The van der Waals surface area contributed by atoms with Crippen LogP contribution in [-0.2, 0) is 11.2 Å². The number of anilines is 1. The van der Waals surface area contributed by atoms with Crippen LogP contribution in [0.3, 0.4) is 0 Å². The van der Waals surface area contributed by atoms with Crippen LogP contribution in [0.15, 0.2) is 29.6 Å². The molecule has 2 aliphatic rings. The minimum Gasteiger partial charge on any atom is -0.493 e. The van der Waals surface area contributed by atoms with Crippen molar-refractivity contribution in [2.24, 2.45) is 11.3 Å². The Labute approximate surface area is 154 Å². The highest BCUT2D eigenvalue weighted by Gasteiger charge is 2.55. The van der Waals surface area contributed by atoms with Crippen molar-refractivity contribution in [2.75, 3.05) is 32.1 Å². The lowest BCUT2D eigenvalue weighted by Crippen LogP contribution is -2.42. The third kappa shape index (κ3) is 2.61. The molecule has 0 bridgehead atoms. The molecule has 1 saturated heterocycles. The summed E-state index contributed by atoms with van der Waals surface area (Å²) in [5.74, 6) is -0.644. The average Bonchev–Trinajstić information content (AvgIpc) is 3.23. The van der Waals surface area contributed by atoms with Gasteiger partial charge >= 0.3 is 5.97 Å². The number of aliphatic carboxylic acids is 1. The molecule has 0 radical (unpaired) electrons. The minimum atomic E-state index is -1.04. The van der Waals surface area contributed by atoms with Crippen LogP contribution in [0.2, 0.25) is 0 Å². The first-order chi connectivity index (χ1) is 12.5. The summed E-state index contributed by atoms with van der Waals surface area (Å²) in [5.41, 5.74) is 0.180. The van der Waals surface area contributed by atoms with Gasteiger partial charge in [-0.2, -0.15) is 0 Å². The number of hydrogen-bond acceptors (Lipinski definition) is 6. The van der Waals surface area contributed by atoms with E-state index in [0.29, 0.717) is 23.8 Å². The number of thiazole rings is 1. The van der Waals surface area contributed by atoms with E-state index in [4.69, 9.17) is 4.74 Å². The van der Waals surface area contributed by atoms with Gasteiger partial charge in [-0.3, -0.25) is 9.59 Å². The lowest BCUT2D eigenvalue weighted by Gasteiger charge is -2.27. The van der Waals surface area contributed by atoms with E-state index in [1.807, 2.05) is 24.3 Å². The molecule has 4 rings (SSSR count). The van der Waals surface area contributed by atoms with E-state index in [1.54, 1.807) is 17.3 Å². The number of ether oxygens (including phenoxy) is 1. The smallest absolute Gasteiger partial charge is 0.312 e. The standard InChI is InChI=1S/C18H19N3O4S/c1-19-17-20-13(9-26-17)15(22)21-7-12-8-25-14-5-3-2-4-11(14)6-18(12,10-21)16(23)24/h2-5,9,12H,6-8,10H2,1H3,(H,19,20)(H,23,24)/t12-,18+/m0/s1. The zero-order chi connectivity index (χ0) is 18.3. The van der Waals surface area contributed by atoms with E-state index >= 15 is 0 Å². The van der Waals surface area contributed by atoms with Gasteiger partial charge in [0.2, 0.25) is 0 Å². The maximum Gasteiger partial charge on any atom is 0.312 e. The molecule has 0 aliphatic carbocycles. The number of amides is 1. The van der Waals surface area contributed by atoms with E-state index in [1.165, 1.54) is 11.3 Å². The highest BCUT2D eigenvalue weighted by Crippen LogP contribution is 2.44. The highest BCUT2D eigenvalue weighted by molar-refractivity contribution is 7.13. The Balaban J connectivity index is 1.64. The van der Waals surface area contributed by atoms with Crippen LogP contribution in [0.4, 0.5) is 5.13 Å². The molecule has 1 aromatic carbocycles. The van der Waals surface area contributed by atoms with Crippen LogP contribution in [0.25, 0.3) is 0 Å². The van der Waals surface area contributed by atoms with Gasteiger partial charge in [-0.25, -0.2) is 4.98 Å². The van der Waals surface area contributed by atoms with Crippen molar-refractivity contribution in [3.63, 3.8) is 0 Å². The Morgan fingerprint density at radius 1 is 1.42 bits per heavy atom. The molecule has 2 aliphatic heterocycles. The molecule has 26 heavy (non-hydrogen) atoms. The Kier molecular flexibility index (Phi) is 4.07. The predicted octanol–water partition coefficient (Wildman–Crippen LogP) is 1.96. The molecule has 0 unspecified atom stereocenters. The Morgan fingerprint density at radius 3 is 2.96 bits per heavy atom. The van der Waals surface area contributed by atoms with Crippen molar-refractivity contribution in [3.8, 4) is 5.75 Å². The monoisotopic (exact) mass is 373 g/mol. The fourth-order valence-electron chi connectivity index (χ4n) is 3.83. The van der Waals surface area contributed by atoms with Gasteiger partial charge in [0.25, 0.3) is 5.91 Å². The maximum atomic E-state index is 12.8. The molecule has 0 spiro atoms. The average molecular weight is 373 g/mol. The molecule has 1 fully saturated rings. The fourth-order valence-corrected chi connectivity index (χ4v) is 4.48. The molecule has 2 aromatic rings. The van der Waals surface area contributed by atoms with Crippen molar-refractivity contribution in [1.29, 1.82) is 0 Å². The van der Waals surface area contributed by atoms with Crippen LogP contribution in [0.5, 0.6) is 5.75 Å². The van der Waals surface area contributed by atoms with E-state index in [9.17, 15) is 14.7 Å². The third-order valence-electron chi connectivity index (χ3n) is 5.26. The van der Waals surface area contributed by atoms with E-state index < -0.39 is 11.4 Å². The molecule has 1 aromatic heterocycles. The summed E-state index contributed by atoms with van der Waals surface area (Å²) in [6.45, 7) is 0.799. The summed E-state index contributed by atoms with van der Waals surface area (Å²) in [6, 6.07) is 7.52. The van der Waals surface area contributed by atoms with Gasteiger partial charge in [-0.1, -0.05) is 18.2 Å². The highest BCUT2D eigenvalue weighted by atomic mass is 32.1.